The maximum Gasteiger partial charge on any atom is 0.142 e. The Labute approximate surface area is 128 Å². The molecule has 0 saturated heterocycles. The Morgan fingerprint density at radius 3 is 2.43 bits per heavy atom. The molecule has 0 aliphatic carbocycles. The number of hydrogen-bond acceptors (Lipinski definition) is 3. The van der Waals surface area contributed by atoms with Crippen molar-refractivity contribution < 1.29 is 13.9 Å². The van der Waals surface area contributed by atoms with Crippen LogP contribution in [0.2, 0.25) is 5.02 Å². The fraction of sp³-hybridized carbons (Fsp3) is 0.250. The summed E-state index contributed by atoms with van der Waals surface area (Å²) >= 11 is 5.74. The molecule has 1 unspecified atom stereocenters. The largest absolute Gasteiger partial charge is 0.497 e. The number of halogens is 2. The molecule has 2 aromatic rings. The summed E-state index contributed by atoms with van der Waals surface area (Å²) in [6.45, 7) is 0. The minimum Gasteiger partial charge on any atom is -0.497 e. The molecule has 0 spiro atoms. The third-order valence-electron chi connectivity index (χ3n) is 3.31. The van der Waals surface area contributed by atoms with Crippen molar-refractivity contribution in [1.82, 2.24) is 5.32 Å². The monoisotopic (exact) mass is 309 g/mol. The van der Waals surface area contributed by atoms with Crippen molar-refractivity contribution >= 4 is 11.6 Å². The summed E-state index contributed by atoms with van der Waals surface area (Å²) in [5, 5.41) is 3.27. The van der Waals surface area contributed by atoms with Gasteiger partial charge >= 0.3 is 0 Å². The summed E-state index contributed by atoms with van der Waals surface area (Å²) in [6, 6.07) is 10.0. The summed E-state index contributed by atoms with van der Waals surface area (Å²) in [6.07, 6.45) is 0. The second-order valence-corrected chi connectivity index (χ2v) is 4.91. The van der Waals surface area contributed by atoms with Crippen LogP contribution >= 0.6 is 11.6 Å². The average Bonchev–Trinajstić information content (AvgIpc) is 2.51. The molecule has 0 heterocycles. The van der Waals surface area contributed by atoms with Crippen molar-refractivity contribution in [3.05, 3.63) is 58.4 Å². The number of methoxy groups -OCH3 is 2. The topological polar surface area (TPSA) is 30.5 Å². The lowest BCUT2D eigenvalue weighted by atomic mass is 9.97. The molecule has 112 valence electrons. The predicted molar refractivity (Wildman–Crippen MR) is 81.9 cm³/mol. The Kier molecular flexibility index (Phi) is 5.04. The van der Waals surface area contributed by atoms with Crippen molar-refractivity contribution in [2.75, 3.05) is 21.3 Å². The SMILES string of the molecule is CNC(c1ccc(Cl)c(F)c1)c1cc(OC)ccc1OC. The van der Waals surface area contributed by atoms with E-state index < -0.39 is 5.82 Å². The van der Waals surface area contributed by atoms with Crippen LogP contribution in [0, 0.1) is 5.82 Å². The number of benzene rings is 2. The fourth-order valence-corrected chi connectivity index (χ4v) is 2.38. The molecule has 2 aromatic carbocycles. The molecule has 0 bridgehead atoms. The minimum absolute atomic E-state index is 0.103. The number of ether oxygens (including phenoxy) is 2. The van der Waals surface area contributed by atoms with Crippen LogP contribution in [0.5, 0.6) is 11.5 Å². The molecule has 21 heavy (non-hydrogen) atoms. The van der Waals surface area contributed by atoms with Gasteiger partial charge in [-0.3, -0.25) is 0 Å². The molecule has 0 aliphatic rings. The van der Waals surface area contributed by atoms with Gasteiger partial charge in [0.1, 0.15) is 17.3 Å². The van der Waals surface area contributed by atoms with Gasteiger partial charge in [0.15, 0.2) is 0 Å². The zero-order valence-electron chi connectivity index (χ0n) is 12.1. The van der Waals surface area contributed by atoms with Crippen molar-refractivity contribution in [3.63, 3.8) is 0 Å². The van der Waals surface area contributed by atoms with Crippen LogP contribution < -0.4 is 14.8 Å². The second-order valence-electron chi connectivity index (χ2n) is 4.50. The number of hydrogen-bond donors (Lipinski definition) is 1. The molecular formula is C16H17ClFNO2. The first-order chi connectivity index (χ1) is 10.1. The van der Waals surface area contributed by atoms with E-state index in [9.17, 15) is 4.39 Å². The standard InChI is InChI=1S/C16H17ClFNO2/c1-19-16(10-4-6-13(17)14(18)8-10)12-9-11(20-2)5-7-15(12)21-3/h4-9,16,19H,1-3H3. The summed E-state index contributed by atoms with van der Waals surface area (Å²) in [5.41, 5.74) is 1.62. The second kappa shape index (κ2) is 6.78. The van der Waals surface area contributed by atoms with E-state index >= 15 is 0 Å². The number of rotatable bonds is 5. The molecule has 3 nitrogen and oxygen atoms in total. The lowest BCUT2D eigenvalue weighted by Gasteiger charge is -2.21. The Hall–Kier alpha value is -1.78. The molecule has 0 fully saturated rings. The minimum atomic E-state index is -0.448. The highest BCUT2D eigenvalue weighted by atomic mass is 35.5. The Morgan fingerprint density at radius 2 is 1.86 bits per heavy atom. The molecule has 1 N–H and O–H groups in total. The van der Waals surface area contributed by atoms with E-state index in [1.807, 2.05) is 18.2 Å². The van der Waals surface area contributed by atoms with E-state index in [-0.39, 0.29) is 11.1 Å². The Morgan fingerprint density at radius 1 is 1.10 bits per heavy atom. The predicted octanol–water partition coefficient (Wildman–Crippen LogP) is 3.81. The highest BCUT2D eigenvalue weighted by Gasteiger charge is 2.18. The first kappa shape index (κ1) is 15.6. The first-order valence-corrected chi connectivity index (χ1v) is 6.82. The molecule has 1 atom stereocenters. The van der Waals surface area contributed by atoms with Crippen molar-refractivity contribution in [2.45, 2.75) is 6.04 Å². The maximum atomic E-state index is 13.7. The van der Waals surface area contributed by atoms with Gasteiger partial charge in [0.05, 0.1) is 25.3 Å². The molecular weight excluding hydrogens is 293 g/mol. The van der Waals surface area contributed by atoms with Gasteiger partial charge in [-0.25, -0.2) is 4.39 Å². The normalized spacial score (nSPS) is 12.0. The van der Waals surface area contributed by atoms with Crippen molar-refractivity contribution in [1.29, 1.82) is 0 Å². The van der Waals surface area contributed by atoms with Gasteiger partial charge < -0.3 is 14.8 Å². The summed E-state index contributed by atoms with van der Waals surface area (Å²) < 4.78 is 24.3. The third-order valence-corrected chi connectivity index (χ3v) is 3.62. The first-order valence-electron chi connectivity index (χ1n) is 6.44. The molecule has 0 aliphatic heterocycles. The van der Waals surface area contributed by atoms with Gasteiger partial charge in [-0.1, -0.05) is 17.7 Å². The van der Waals surface area contributed by atoms with Gasteiger partial charge in [0, 0.05) is 5.56 Å². The molecule has 0 amide bonds. The van der Waals surface area contributed by atoms with E-state index in [1.165, 1.54) is 6.07 Å². The lowest BCUT2D eigenvalue weighted by Crippen LogP contribution is -2.18. The third kappa shape index (κ3) is 3.28. The van der Waals surface area contributed by atoms with E-state index in [0.29, 0.717) is 11.5 Å². The highest BCUT2D eigenvalue weighted by Crippen LogP contribution is 2.33. The number of nitrogens with one attached hydrogen (secondary N) is 1. The van der Waals surface area contributed by atoms with Crippen LogP contribution in [0.3, 0.4) is 0 Å². The smallest absolute Gasteiger partial charge is 0.142 e. The van der Waals surface area contributed by atoms with Crippen LogP contribution in [0.15, 0.2) is 36.4 Å². The van der Waals surface area contributed by atoms with Crippen LogP contribution in [-0.2, 0) is 0 Å². The van der Waals surface area contributed by atoms with Gasteiger partial charge in [-0.15, -0.1) is 0 Å². The molecule has 5 heteroatoms. The van der Waals surface area contributed by atoms with E-state index in [4.69, 9.17) is 21.1 Å². The summed E-state index contributed by atoms with van der Waals surface area (Å²) in [7, 11) is 5.00. The Balaban J connectivity index is 2.51. The van der Waals surface area contributed by atoms with Crippen molar-refractivity contribution in [2.24, 2.45) is 0 Å². The fourth-order valence-electron chi connectivity index (χ4n) is 2.26. The van der Waals surface area contributed by atoms with Gasteiger partial charge in [0.2, 0.25) is 0 Å². The highest BCUT2D eigenvalue weighted by molar-refractivity contribution is 6.30. The quantitative estimate of drug-likeness (QED) is 0.911. The van der Waals surface area contributed by atoms with Gasteiger partial charge in [-0.05, 0) is 42.9 Å². The van der Waals surface area contributed by atoms with Crippen molar-refractivity contribution in [3.8, 4) is 11.5 Å². The van der Waals surface area contributed by atoms with Crippen LogP contribution in [0.1, 0.15) is 17.2 Å². The molecule has 0 saturated carbocycles. The zero-order valence-corrected chi connectivity index (χ0v) is 12.9. The van der Waals surface area contributed by atoms with E-state index in [2.05, 4.69) is 5.32 Å². The lowest BCUT2D eigenvalue weighted by molar-refractivity contribution is 0.395. The Bertz CT molecular complexity index is 634. The van der Waals surface area contributed by atoms with Gasteiger partial charge in [-0.2, -0.15) is 0 Å². The van der Waals surface area contributed by atoms with E-state index in [0.717, 1.165) is 11.1 Å². The molecule has 0 aromatic heterocycles. The summed E-state index contributed by atoms with van der Waals surface area (Å²) in [5.74, 6) is 0.960. The van der Waals surface area contributed by atoms with Crippen LogP contribution in [0.25, 0.3) is 0 Å². The average molecular weight is 310 g/mol. The zero-order chi connectivity index (χ0) is 15.4. The van der Waals surface area contributed by atoms with Crippen LogP contribution in [-0.4, -0.2) is 21.3 Å². The van der Waals surface area contributed by atoms with Gasteiger partial charge in [0.25, 0.3) is 0 Å². The maximum absolute atomic E-state index is 13.7. The summed E-state index contributed by atoms with van der Waals surface area (Å²) in [4.78, 5) is 0. The van der Waals surface area contributed by atoms with E-state index in [1.54, 1.807) is 33.4 Å². The molecule has 2 rings (SSSR count). The molecule has 0 radical (unpaired) electrons. The van der Waals surface area contributed by atoms with Crippen LogP contribution in [0.4, 0.5) is 4.39 Å².